The first-order valence-corrected chi connectivity index (χ1v) is 12.3. The van der Waals surface area contributed by atoms with Gasteiger partial charge in [-0.1, -0.05) is 93.1 Å². The second kappa shape index (κ2) is 9.48. The molecule has 0 radical (unpaired) electrons. The van der Waals surface area contributed by atoms with Crippen LogP contribution in [0.1, 0.15) is 92.2 Å². The minimum Gasteiger partial charge on any atom is -0.507 e. The Hall–Kier alpha value is -1.61. The van der Waals surface area contributed by atoms with E-state index in [-0.39, 0.29) is 22.3 Å². The Morgan fingerprint density at radius 3 is 1.19 bits per heavy atom. The average molecular weight is 443 g/mol. The molecule has 0 heterocycles. The van der Waals surface area contributed by atoms with Crippen molar-refractivity contribution in [2.45, 2.75) is 90.9 Å². The van der Waals surface area contributed by atoms with Gasteiger partial charge < -0.3 is 10.2 Å². The lowest BCUT2D eigenvalue weighted by molar-refractivity contribution is 0.257. The number of benzene rings is 2. The summed E-state index contributed by atoms with van der Waals surface area (Å²) in [7, 11) is 0. The van der Waals surface area contributed by atoms with E-state index in [2.05, 4.69) is 81.4 Å². The van der Waals surface area contributed by atoms with Crippen molar-refractivity contribution in [2.24, 2.45) is 22.7 Å². The smallest absolute Gasteiger partial charge is 0.129 e. The monoisotopic (exact) mass is 442 g/mol. The first-order chi connectivity index (χ1) is 14.1. The van der Waals surface area contributed by atoms with E-state index in [1.54, 1.807) is 12.1 Å². The van der Waals surface area contributed by atoms with Gasteiger partial charge in [-0.25, -0.2) is 0 Å². The Kier molecular flexibility index (Phi) is 7.85. The highest BCUT2D eigenvalue weighted by molar-refractivity contribution is 7.99. The molecule has 172 valence electrons. The van der Waals surface area contributed by atoms with Crippen molar-refractivity contribution >= 4 is 11.8 Å². The Morgan fingerprint density at radius 1 is 0.613 bits per heavy atom. The lowest BCUT2D eigenvalue weighted by Crippen LogP contribution is -2.23. The van der Waals surface area contributed by atoms with Crippen LogP contribution in [0, 0.1) is 22.7 Å². The van der Waals surface area contributed by atoms with Gasteiger partial charge in [0.05, 0.1) is 9.79 Å². The lowest BCUT2D eigenvalue weighted by Gasteiger charge is -2.35. The molecule has 0 fully saturated rings. The van der Waals surface area contributed by atoms with Crippen LogP contribution in [0.4, 0.5) is 0 Å². The van der Waals surface area contributed by atoms with Gasteiger partial charge in [-0.05, 0) is 69.9 Å². The van der Waals surface area contributed by atoms with Gasteiger partial charge in [0.2, 0.25) is 0 Å². The highest BCUT2D eigenvalue weighted by atomic mass is 32.2. The molecule has 31 heavy (non-hydrogen) atoms. The summed E-state index contributed by atoms with van der Waals surface area (Å²) in [5.41, 5.74) is 2.69. The molecule has 0 aromatic heterocycles. The minimum atomic E-state index is 0.117. The Balaban J connectivity index is 2.49. The molecule has 0 aliphatic carbocycles. The average Bonchev–Trinajstić information content (AvgIpc) is 2.57. The van der Waals surface area contributed by atoms with Crippen LogP contribution in [0.3, 0.4) is 0 Å². The highest BCUT2D eigenvalue weighted by Crippen LogP contribution is 2.47. The molecule has 0 saturated carbocycles. The molecule has 0 aliphatic heterocycles. The van der Waals surface area contributed by atoms with Crippen LogP contribution in [0.2, 0.25) is 0 Å². The number of phenols is 2. The molecule has 0 amide bonds. The van der Waals surface area contributed by atoms with Gasteiger partial charge >= 0.3 is 0 Å². The maximum Gasteiger partial charge on any atom is 0.129 e. The van der Waals surface area contributed by atoms with Gasteiger partial charge in [-0.2, -0.15) is 0 Å². The standard InChI is InChI=1S/C28H42O2S/c1-17(2)25(27(5,6)7)19-11-13-21(29)23(15-19)31-24-16-20(12-14-22(24)30)26(18(3)4)28(8,9)10/h11-18,25-26,29-30H,1-10H3. The first kappa shape index (κ1) is 25.6. The van der Waals surface area contributed by atoms with E-state index in [1.807, 2.05) is 12.1 Å². The van der Waals surface area contributed by atoms with Crippen molar-refractivity contribution in [3.8, 4) is 11.5 Å². The molecular formula is C28H42O2S. The molecule has 3 heteroatoms. The van der Waals surface area contributed by atoms with E-state index < -0.39 is 0 Å². The van der Waals surface area contributed by atoms with E-state index in [9.17, 15) is 10.2 Å². The van der Waals surface area contributed by atoms with E-state index in [0.717, 1.165) is 9.79 Å². The number of hydrogen-bond acceptors (Lipinski definition) is 3. The van der Waals surface area contributed by atoms with Gasteiger partial charge in [0.15, 0.2) is 0 Å². The minimum absolute atomic E-state index is 0.117. The molecule has 0 saturated heterocycles. The molecule has 0 aliphatic rings. The van der Waals surface area contributed by atoms with Crippen molar-refractivity contribution in [3.63, 3.8) is 0 Å². The SMILES string of the molecule is CC(C)C(c1ccc(O)c(Sc2cc(C(C(C)C)C(C)(C)C)ccc2O)c1)C(C)(C)C. The molecule has 0 spiro atoms. The van der Waals surface area contributed by atoms with E-state index in [0.29, 0.717) is 23.7 Å². The number of hydrogen-bond donors (Lipinski definition) is 2. The van der Waals surface area contributed by atoms with Crippen LogP contribution in [-0.2, 0) is 0 Å². The maximum absolute atomic E-state index is 10.6. The van der Waals surface area contributed by atoms with Gasteiger partial charge in [0, 0.05) is 0 Å². The summed E-state index contributed by atoms with van der Waals surface area (Å²) < 4.78 is 0. The fraction of sp³-hybridized carbons (Fsp3) is 0.571. The van der Waals surface area contributed by atoms with Gasteiger partial charge in [0.25, 0.3) is 0 Å². The fourth-order valence-electron chi connectivity index (χ4n) is 5.50. The largest absolute Gasteiger partial charge is 0.507 e. The zero-order valence-corrected chi connectivity index (χ0v) is 21.9. The van der Waals surface area contributed by atoms with Crippen molar-refractivity contribution in [2.75, 3.05) is 0 Å². The second-order valence-electron chi connectivity index (χ2n) is 11.7. The Bertz CT molecular complexity index is 811. The second-order valence-corrected chi connectivity index (χ2v) is 12.8. The van der Waals surface area contributed by atoms with Crippen molar-refractivity contribution in [3.05, 3.63) is 47.5 Å². The quantitative estimate of drug-likeness (QED) is 0.469. The summed E-state index contributed by atoms with van der Waals surface area (Å²) in [5, 5.41) is 21.2. The molecule has 2 N–H and O–H groups in total. The number of phenolic OH excluding ortho intramolecular Hbond substituents is 2. The molecular weight excluding hydrogens is 400 g/mol. The summed E-state index contributed by atoms with van der Waals surface area (Å²) >= 11 is 1.45. The van der Waals surface area contributed by atoms with Crippen LogP contribution in [0.25, 0.3) is 0 Å². The molecule has 0 bridgehead atoms. The third-order valence-electron chi connectivity index (χ3n) is 6.11. The third-order valence-corrected chi connectivity index (χ3v) is 7.20. The predicted molar refractivity (Wildman–Crippen MR) is 134 cm³/mol. The first-order valence-electron chi connectivity index (χ1n) is 11.5. The van der Waals surface area contributed by atoms with Crippen LogP contribution in [0.5, 0.6) is 11.5 Å². The number of aromatic hydroxyl groups is 2. The number of rotatable bonds is 6. The summed E-state index contributed by atoms with van der Waals surface area (Å²) in [6, 6.07) is 11.9. The molecule has 2 nitrogen and oxygen atoms in total. The highest BCUT2D eigenvalue weighted by Gasteiger charge is 2.31. The molecule has 2 aromatic rings. The zero-order valence-electron chi connectivity index (χ0n) is 21.1. The van der Waals surface area contributed by atoms with Gasteiger partial charge in [-0.3, -0.25) is 0 Å². The molecule has 2 rings (SSSR count). The van der Waals surface area contributed by atoms with Crippen LogP contribution in [-0.4, -0.2) is 10.2 Å². The van der Waals surface area contributed by atoms with Crippen molar-refractivity contribution in [1.29, 1.82) is 0 Å². The summed E-state index contributed by atoms with van der Waals surface area (Å²) in [5.74, 6) is 2.23. The molecule has 2 aromatic carbocycles. The van der Waals surface area contributed by atoms with Crippen molar-refractivity contribution < 1.29 is 10.2 Å². The normalized spacial score (nSPS) is 14.8. The van der Waals surface area contributed by atoms with E-state index >= 15 is 0 Å². The van der Waals surface area contributed by atoms with Gasteiger partial charge in [-0.15, -0.1) is 0 Å². The molecule has 2 unspecified atom stereocenters. The predicted octanol–water partition coefficient (Wildman–Crippen LogP) is 8.82. The van der Waals surface area contributed by atoms with E-state index in [1.165, 1.54) is 22.9 Å². The summed E-state index contributed by atoms with van der Waals surface area (Å²) in [6.07, 6.45) is 0. The van der Waals surface area contributed by atoms with Crippen LogP contribution < -0.4 is 0 Å². The maximum atomic E-state index is 10.6. The van der Waals surface area contributed by atoms with Gasteiger partial charge in [0.1, 0.15) is 11.5 Å². The van der Waals surface area contributed by atoms with Crippen LogP contribution >= 0.6 is 11.8 Å². The van der Waals surface area contributed by atoms with Crippen molar-refractivity contribution in [1.82, 2.24) is 0 Å². The topological polar surface area (TPSA) is 40.5 Å². The van der Waals surface area contributed by atoms with E-state index in [4.69, 9.17) is 0 Å². The third kappa shape index (κ3) is 6.22. The Labute approximate surface area is 194 Å². The zero-order chi connectivity index (χ0) is 23.7. The summed E-state index contributed by atoms with van der Waals surface area (Å²) in [6.45, 7) is 22.6. The summed E-state index contributed by atoms with van der Waals surface area (Å²) in [4.78, 5) is 1.58. The van der Waals surface area contributed by atoms with Crippen LogP contribution in [0.15, 0.2) is 46.2 Å². The fourth-order valence-corrected chi connectivity index (χ4v) is 6.47. The Morgan fingerprint density at radius 2 is 0.935 bits per heavy atom. The molecule has 2 atom stereocenters. The lowest BCUT2D eigenvalue weighted by atomic mass is 9.70.